The van der Waals surface area contributed by atoms with E-state index >= 15 is 0 Å². The molecule has 1 aromatic rings. The lowest BCUT2D eigenvalue weighted by molar-refractivity contribution is -0.0907. The summed E-state index contributed by atoms with van der Waals surface area (Å²) in [5, 5.41) is 0. The highest BCUT2D eigenvalue weighted by Gasteiger charge is 2.41. The van der Waals surface area contributed by atoms with E-state index in [1.54, 1.807) is 7.11 Å². The molecule has 0 unspecified atom stereocenters. The predicted molar refractivity (Wildman–Crippen MR) is 87.5 cm³/mol. The summed E-state index contributed by atoms with van der Waals surface area (Å²) in [7, 11) is 1.69. The van der Waals surface area contributed by atoms with E-state index < -0.39 is 0 Å². The Labute approximate surface area is 129 Å². The third-order valence-corrected chi connectivity index (χ3v) is 5.16. The number of rotatable bonds is 6. The highest BCUT2D eigenvalue weighted by molar-refractivity contribution is 5.26. The maximum atomic E-state index is 6.29. The normalized spacial score (nSPS) is 29.1. The van der Waals surface area contributed by atoms with Crippen LogP contribution in [-0.2, 0) is 11.3 Å². The molecule has 0 aliphatic heterocycles. The minimum Gasteiger partial charge on any atom is -0.497 e. The van der Waals surface area contributed by atoms with Crippen molar-refractivity contribution in [2.24, 2.45) is 11.3 Å². The van der Waals surface area contributed by atoms with E-state index in [4.69, 9.17) is 9.47 Å². The van der Waals surface area contributed by atoms with Gasteiger partial charge in [-0.05, 0) is 48.3 Å². The second kappa shape index (κ2) is 7.13. The molecule has 1 aromatic carbocycles. The van der Waals surface area contributed by atoms with Gasteiger partial charge in [0.05, 0.1) is 19.8 Å². The standard InChI is InChI=1S/C19H28O2/c1-5-13-19(3)15(2)7-6-8-18(19)21-14-16-9-11-17(20-4)12-10-16/h5,9-12,15,18H,1,6-8,13-14H2,2-4H3/t15-,18+,19+/m1/s1. The van der Waals surface area contributed by atoms with Gasteiger partial charge in [-0.2, -0.15) is 0 Å². The lowest BCUT2D eigenvalue weighted by Crippen LogP contribution is -2.42. The van der Waals surface area contributed by atoms with Gasteiger partial charge in [0.15, 0.2) is 0 Å². The summed E-state index contributed by atoms with van der Waals surface area (Å²) in [6.07, 6.45) is 7.12. The highest BCUT2D eigenvalue weighted by Crippen LogP contribution is 2.45. The first kappa shape index (κ1) is 16.1. The van der Waals surface area contributed by atoms with E-state index in [0.29, 0.717) is 18.6 Å². The molecule has 0 bridgehead atoms. The number of allylic oxidation sites excluding steroid dienone is 1. The molecule has 0 aromatic heterocycles. The van der Waals surface area contributed by atoms with Gasteiger partial charge in [0.25, 0.3) is 0 Å². The van der Waals surface area contributed by atoms with E-state index in [-0.39, 0.29) is 5.41 Å². The molecule has 0 radical (unpaired) electrons. The van der Waals surface area contributed by atoms with Gasteiger partial charge in [-0.1, -0.05) is 38.5 Å². The molecule has 0 spiro atoms. The molecular formula is C19H28O2. The first-order valence-electron chi connectivity index (χ1n) is 7.95. The number of hydrogen-bond donors (Lipinski definition) is 0. The van der Waals surface area contributed by atoms with Gasteiger partial charge < -0.3 is 9.47 Å². The van der Waals surface area contributed by atoms with E-state index in [1.165, 1.54) is 18.4 Å². The zero-order valence-electron chi connectivity index (χ0n) is 13.6. The van der Waals surface area contributed by atoms with Crippen molar-refractivity contribution in [1.29, 1.82) is 0 Å². The second-order valence-corrected chi connectivity index (χ2v) is 6.48. The van der Waals surface area contributed by atoms with E-state index in [2.05, 4.69) is 32.6 Å². The summed E-state index contributed by atoms with van der Waals surface area (Å²) < 4.78 is 11.5. The fourth-order valence-electron chi connectivity index (χ4n) is 3.42. The SMILES string of the molecule is C=CC[C@@]1(C)[C@H](C)CCC[C@@H]1OCc1ccc(OC)cc1. The molecule has 21 heavy (non-hydrogen) atoms. The molecule has 1 fully saturated rings. The molecular weight excluding hydrogens is 260 g/mol. The van der Waals surface area contributed by atoms with Gasteiger partial charge in [0, 0.05) is 0 Å². The lowest BCUT2D eigenvalue weighted by Gasteiger charge is -2.45. The van der Waals surface area contributed by atoms with Crippen molar-refractivity contribution in [3.63, 3.8) is 0 Å². The van der Waals surface area contributed by atoms with Crippen LogP contribution >= 0.6 is 0 Å². The molecule has 3 atom stereocenters. The fourth-order valence-corrected chi connectivity index (χ4v) is 3.42. The van der Waals surface area contributed by atoms with Gasteiger partial charge in [0.2, 0.25) is 0 Å². The van der Waals surface area contributed by atoms with Crippen LogP contribution in [0.2, 0.25) is 0 Å². The molecule has 2 heteroatoms. The number of hydrogen-bond acceptors (Lipinski definition) is 2. The van der Waals surface area contributed by atoms with Crippen molar-refractivity contribution >= 4 is 0 Å². The van der Waals surface area contributed by atoms with E-state index in [0.717, 1.165) is 18.6 Å². The first-order chi connectivity index (χ1) is 10.1. The Morgan fingerprint density at radius 1 is 1.29 bits per heavy atom. The Bertz CT molecular complexity index is 451. The van der Waals surface area contributed by atoms with Crippen LogP contribution in [0.1, 0.15) is 45.1 Å². The molecule has 0 saturated heterocycles. The minimum atomic E-state index is 0.215. The Hall–Kier alpha value is -1.28. The van der Waals surface area contributed by atoms with Crippen molar-refractivity contribution in [2.45, 2.75) is 52.2 Å². The first-order valence-corrected chi connectivity index (χ1v) is 7.95. The third-order valence-electron chi connectivity index (χ3n) is 5.16. The number of methoxy groups -OCH3 is 1. The van der Waals surface area contributed by atoms with Gasteiger partial charge in [-0.3, -0.25) is 0 Å². The molecule has 116 valence electrons. The Balaban J connectivity index is 2.00. The van der Waals surface area contributed by atoms with Crippen molar-refractivity contribution < 1.29 is 9.47 Å². The largest absolute Gasteiger partial charge is 0.497 e. The van der Waals surface area contributed by atoms with Crippen LogP contribution in [0.5, 0.6) is 5.75 Å². The van der Waals surface area contributed by atoms with Crippen LogP contribution in [0.15, 0.2) is 36.9 Å². The van der Waals surface area contributed by atoms with E-state index in [1.807, 2.05) is 18.2 Å². The topological polar surface area (TPSA) is 18.5 Å². The summed E-state index contributed by atoms with van der Waals surface area (Å²) in [6, 6.07) is 8.14. The van der Waals surface area contributed by atoms with Crippen molar-refractivity contribution in [2.75, 3.05) is 7.11 Å². The van der Waals surface area contributed by atoms with Gasteiger partial charge in [-0.15, -0.1) is 6.58 Å². The summed E-state index contributed by atoms with van der Waals surface area (Å²) in [5.41, 5.74) is 1.42. The molecule has 1 aliphatic rings. The Morgan fingerprint density at radius 3 is 2.62 bits per heavy atom. The molecule has 0 N–H and O–H groups in total. The lowest BCUT2D eigenvalue weighted by atomic mass is 9.64. The molecule has 2 rings (SSSR count). The smallest absolute Gasteiger partial charge is 0.118 e. The summed E-state index contributed by atoms with van der Waals surface area (Å²) in [4.78, 5) is 0. The van der Waals surface area contributed by atoms with Gasteiger partial charge in [-0.25, -0.2) is 0 Å². The van der Waals surface area contributed by atoms with Crippen LogP contribution < -0.4 is 4.74 Å². The van der Waals surface area contributed by atoms with Gasteiger partial charge >= 0.3 is 0 Å². The molecule has 0 amide bonds. The predicted octanol–water partition coefficient (Wildman–Crippen LogP) is 4.98. The quantitative estimate of drug-likeness (QED) is 0.687. The number of benzene rings is 1. The monoisotopic (exact) mass is 288 g/mol. The molecule has 2 nitrogen and oxygen atoms in total. The Morgan fingerprint density at radius 2 is 2.00 bits per heavy atom. The average molecular weight is 288 g/mol. The van der Waals surface area contributed by atoms with Crippen LogP contribution in [0.3, 0.4) is 0 Å². The van der Waals surface area contributed by atoms with Crippen LogP contribution in [0.4, 0.5) is 0 Å². The molecule has 0 heterocycles. The number of ether oxygens (including phenoxy) is 2. The minimum absolute atomic E-state index is 0.215. The molecule has 1 aliphatic carbocycles. The van der Waals surface area contributed by atoms with Crippen LogP contribution in [0, 0.1) is 11.3 Å². The van der Waals surface area contributed by atoms with Crippen molar-refractivity contribution in [3.05, 3.63) is 42.5 Å². The third kappa shape index (κ3) is 3.68. The van der Waals surface area contributed by atoms with Gasteiger partial charge in [0.1, 0.15) is 5.75 Å². The average Bonchev–Trinajstić information content (AvgIpc) is 2.50. The summed E-state index contributed by atoms with van der Waals surface area (Å²) in [6.45, 7) is 9.32. The Kier molecular flexibility index (Phi) is 5.46. The summed E-state index contributed by atoms with van der Waals surface area (Å²) in [5.74, 6) is 1.58. The fraction of sp³-hybridized carbons (Fsp3) is 0.579. The highest BCUT2D eigenvalue weighted by atomic mass is 16.5. The van der Waals surface area contributed by atoms with Crippen LogP contribution in [-0.4, -0.2) is 13.2 Å². The van der Waals surface area contributed by atoms with Crippen molar-refractivity contribution in [1.82, 2.24) is 0 Å². The maximum Gasteiger partial charge on any atom is 0.118 e. The zero-order chi connectivity index (χ0) is 15.3. The zero-order valence-corrected chi connectivity index (χ0v) is 13.6. The van der Waals surface area contributed by atoms with Crippen LogP contribution in [0.25, 0.3) is 0 Å². The summed E-state index contributed by atoms with van der Waals surface area (Å²) >= 11 is 0. The van der Waals surface area contributed by atoms with Crippen molar-refractivity contribution in [3.8, 4) is 5.75 Å². The van der Waals surface area contributed by atoms with E-state index in [9.17, 15) is 0 Å². The second-order valence-electron chi connectivity index (χ2n) is 6.48. The molecule has 1 saturated carbocycles. The maximum absolute atomic E-state index is 6.29.